The van der Waals surface area contributed by atoms with Crippen LogP contribution in [0.1, 0.15) is 40.0 Å². The van der Waals surface area contributed by atoms with Crippen LogP contribution in [0.2, 0.25) is 0 Å². The highest BCUT2D eigenvalue weighted by atomic mass is 35.5. The van der Waals surface area contributed by atoms with Crippen molar-refractivity contribution in [3.63, 3.8) is 0 Å². The second kappa shape index (κ2) is 10.7. The molecule has 0 aromatic rings. The molecule has 1 rings (SSSR count). The molecular weight excluding hydrogens is 309 g/mol. The van der Waals surface area contributed by atoms with Gasteiger partial charge in [-0.25, -0.2) is 0 Å². The summed E-state index contributed by atoms with van der Waals surface area (Å²) >= 11 is 0. The van der Waals surface area contributed by atoms with Gasteiger partial charge in [0.05, 0.1) is 5.41 Å². The van der Waals surface area contributed by atoms with Crippen molar-refractivity contribution in [2.45, 2.75) is 40.0 Å². The van der Waals surface area contributed by atoms with Crippen molar-refractivity contribution < 1.29 is 4.79 Å². The Morgan fingerprint density at radius 2 is 1.86 bits per heavy atom. The van der Waals surface area contributed by atoms with Gasteiger partial charge in [-0.2, -0.15) is 0 Å². The quantitative estimate of drug-likeness (QED) is 0.773. The molecule has 0 bridgehead atoms. The van der Waals surface area contributed by atoms with Gasteiger partial charge < -0.3 is 15.5 Å². The molecule has 21 heavy (non-hydrogen) atoms. The number of hydrogen-bond donors (Lipinski definition) is 1. The fraction of sp³-hybridized carbons (Fsp3) is 0.933. The minimum Gasteiger partial charge on any atom is -0.342 e. The SMILES string of the molecule is CCN(C)CC1CCN(C(=O)C(CC)(CC)CN)C1.Cl.Cl. The summed E-state index contributed by atoms with van der Waals surface area (Å²) in [5.41, 5.74) is 5.55. The van der Waals surface area contributed by atoms with Crippen molar-refractivity contribution in [1.82, 2.24) is 9.80 Å². The van der Waals surface area contributed by atoms with Crippen LogP contribution < -0.4 is 5.73 Å². The average molecular weight is 342 g/mol. The van der Waals surface area contributed by atoms with E-state index < -0.39 is 0 Å². The summed E-state index contributed by atoms with van der Waals surface area (Å²) in [6.45, 7) is 10.8. The van der Waals surface area contributed by atoms with E-state index in [2.05, 4.69) is 32.7 Å². The summed E-state index contributed by atoms with van der Waals surface area (Å²) < 4.78 is 0. The van der Waals surface area contributed by atoms with Gasteiger partial charge in [0.1, 0.15) is 0 Å². The first-order chi connectivity index (χ1) is 9.02. The number of amides is 1. The first kappa shape index (κ1) is 23.2. The van der Waals surface area contributed by atoms with E-state index in [1.807, 2.05) is 4.90 Å². The Balaban J connectivity index is 0. The summed E-state index contributed by atoms with van der Waals surface area (Å²) in [5.74, 6) is 0.903. The van der Waals surface area contributed by atoms with Crippen LogP contribution in [0.15, 0.2) is 0 Å². The number of carbonyl (C=O) groups excluding carboxylic acids is 1. The normalized spacial score (nSPS) is 18.4. The van der Waals surface area contributed by atoms with Gasteiger partial charge in [-0.3, -0.25) is 4.79 Å². The lowest BCUT2D eigenvalue weighted by Gasteiger charge is -2.33. The van der Waals surface area contributed by atoms with Crippen LogP contribution >= 0.6 is 24.8 Å². The second-order valence-corrected chi connectivity index (χ2v) is 5.95. The Morgan fingerprint density at radius 1 is 1.29 bits per heavy atom. The molecule has 1 aliphatic heterocycles. The van der Waals surface area contributed by atoms with Crippen molar-refractivity contribution >= 4 is 30.7 Å². The number of nitrogens with zero attached hydrogens (tertiary/aromatic N) is 2. The van der Waals surface area contributed by atoms with Crippen LogP contribution in [-0.2, 0) is 4.79 Å². The molecule has 0 aromatic carbocycles. The predicted molar refractivity (Wildman–Crippen MR) is 94.4 cm³/mol. The molecule has 0 radical (unpaired) electrons. The molecule has 1 fully saturated rings. The maximum Gasteiger partial charge on any atom is 0.230 e. The van der Waals surface area contributed by atoms with Gasteiger partial charge in [0.15, 0.2) is 0 Å². The minimum atomic E-state index is -0.328. The smallest absolute Gasteiger partial charge is 0.230 e. The van der Waals surface area contributed by atoms with Gasteiger partial charge in [0, 0.05) is 26.2 Å². The summed E-state index contributed by atoms with van der Waals surface area (Å²) in [6, 6.07) is 0. The van der Waals surface area contributed by atoms with Gasteiger partial charge in [0.25, 0.3) is 0 Å². The van der Waals surface area contributed by atoms with Crippen molar-refractivity contribution in [2.24, 2.45) is 17.1 Å². The van der Waals surface area contributed by atoms with Gasteiger partial charge in [-0.1, -0.05) is 20.8 Å². The lowest BCUT2D eigenvalue weighted by atomic mass is 9.81. The van der Waals surface area contributed by atoms with Crippen LogP contribution in [0.4, 0.5) is 0 Å². The van der Waals surface area contributed by atoms with Crippen LogP contribution in [0.3, 0.4) is 0 Å². The van der Waals surface area contributed by atoms with Gasteiger partial charge >= 0.3 is 0 Å². The molecule has 128 valence electrons. The van der Waals surface area contributed by atoms with E-state index in [1.54, 1.807) is 0 Å². The molecule has 0 saturated carbocycles. The average Bonchev–Trinajstić information content (AvgIpc) is 2.89. The molecule has 2 N–H and O–H groups in total. The zero-order valence-corrected chi connectivity index (χ0v) is 15.6. The summed E-state index contributed by atoms with van der Waals surface area (Å²) in [5, 5.41) is 0. The molecule has 0 spiro atoms. The Kier molecular flexibility index (Phi) is 11.8. The lowest BCUT2D eigenvalue weighted by molar-refractivity contribution is -0.141. The van der Waals surface area contributed by atoms with Crippen molar-refractivity contribution in [3.8, 4) is 0 Å². The number of carbonyl (C=O) groups is 1. The Hall–Kier alpha value is -0.0300. The van der Waals surface area contributed by atoms with Crippen LogP contribution in [-0.4, -0.2) is 55.5 Å². The largest absolute Gasteiger partial charge is 0.342 e. The molecule has 6 heteroatoms. The maximum atomic E-state index is 12.7. The third kappa shape index (κ3) is 5.59. The summed E-state index contributed by atoms with van der Waals surface area (Å²) in [4.78, 5) is 17.1. The Bertz CT molecular complexity index is 290. The molecule has 1 unspecified atom stereocenters. The van der Waals surface area contributed by atoms with E-state index in [0.29, 0.717) is 12.5 Å². The summed E-state index contributed by atoms with van der Waals surface area (Å²) in [6.07, 6.45) is 2.81. The molecule has 1 aliphatic rings. The van der Waals surface area contributed by atoms with E-state index in [9.17, 15) is 4.79 Å². The molecule has 4 nitrogen and oxygen atoms in total. The van der Waals surface area contributed by atoms with Gasteiger partial charge in [-0.05, 0) is 38.8 Å². The van der Waals surface area contributed by atoms with E-state index in [4.69, 9.17) is 5.73 Å². The third-order valence-electron chi connectivity index (χ3n) is 4.88. The van der Waals surface area contributed by atoms with Gasteiger partial charge in [0.2, 0.25) is 5.91 Å². The molecule has 1 amide bonds. The van der Waals surface area contributed by atoms with E-state index >= 15 is 0 Å². The molecule has 1 saturated heterocycles. The fourth-order valence-corrected chi connectivity index (χ4v) is 3.00. The van der Waals surface area contributed by atoms with E-state index in [0.717, 1.165) is 45.4 Å². The number of halogens is 2. The van der Waals surface area contributed by atoms with Crippen LogP contribution in [0.25, 0.3) is 0 Å². The number of likely N-dealkylation sites (tertiary alicyclic amines) is 1. The topological polar surface area (TPSA) is 49.6 Å². The highest BCUT2D eigenvalue weighted by Crippen LogP contribution is 2.30. The first-order valence-corrected chi connectivity index (χ1v) is 7.70. The lowest BCUT2D eigenvalue weighted by Crippen LogP contribution is -2.47. The zero-order chi connectivity index (χ0) is 14.5. The van der Waals surface area contributed by atoms with Crippen molar-refractivity contribution in [3.05, 3.63) is 0 Å². The maximum absolute atomic E-state index is 12.7. The van der Waals surface area contributed by atoms with Crippen molar-refractivity contribution in [2.75, 3.05) is 39.8 Å². The monoisotopic (exact) mass is 341 g/mol. The third-order valence-corrected chi connectivity index (χ3v) is 4.88. The van der Waals surface area contributed by atoms with E-state index in [-0.39, 0.29) is 36.1 Å². The molecule has 1 atom stereocenters. The standard InChI is InChI=1S/C15H31N3O.2ClH/c1-5-15(6-2,12-16)14(19)18-9-8-13(11-18)10-17(4)7-3;;/h13H,5-12,16H2,1-4H3;2*1H. The van der Waals surface area contributed by atoms with E-state index in [1.165, 1.54) is 0 Å². The van der Waals surface area contributed by atoms with Crippen molar-refractivity contribution in [1.29, 1.82) is 0 Å². The highest BCUT2D eigenvalue weighted by Gasteiger charge is 2.39. The zero-order valence-electron chi connectivity index (χ0n) is 13.9. The number of nitrogens with two attached hydrogens (primary N) is 1. The summed E-state index contributed by atoms with van der Waals surface area (Å²) in [7, 11) is 2.15. The first-order valence-electron chi connectivity index (χ1n) is 7.70. The molecular formula is C15H33Cl2N3O. The van der Waals surface area contributed by atoms with Crippen LogP contribution in [0.5, 0.6) is 0 Å². The fourth-order valence-electron chi connectivity index (χ4n) is 3.00. The second-order valence-electron chi connectivity index (χ2n) is 5.95. The van der Waals surface area contributed by atoms with Gasteiger partial charge in [-0.15, -0.1) is 24.8 Å². The molecule has 0 aromatic heterocycles. The molecule has 0 aliphatic carbocycles. The van der Waals surface area contributed by atoms with Crippen LogP contribution in [0, 0.1) is 11.3 Å². The predicted octanol–water partition coefficient (Wildman–Crippen LogP) is 2.40. The highest BCUT2D eigenvalue weighted by molar-refractivity contribution is 5.85. The molecule has 1 heterocycles. The Morgan fingerprint density at radius 3 is 2.29 bits per heavy atom. The minimum absolute atomic E-state index is 0. The Labute approximate surface area is 142 Å². The number of hydrogen-bond acceptors (Lipinski definition) is 3. The number of rotatable bonds is 7.